The molecule has 18 heavy (non-hydrogen) atoms. The molecule has 1 fully saturated rings. The number of hydrogen-bond acceptors (Lipinski definition) is 4. The first-order valence-electron chi connectivity index (χ1n) is 6.21. The molecule has 2 heterocycles. The third-order valence-electron chi connectivity index (χ3n) is 3.60. The fraction of sp³-hybridized carbons (Fsp3) is 0.667. The van der Waals surface area contributed by atoms with Crippen molar-refractivity contribution in [2.24, 2.45) is 5.41 Å². The fourth-order valence-electron chi connectivity index (χ4n) is 2.32. The molecule has 1 atom stereocenters. The Bertz CT molecular complexity index is 471. The van der Waals surface area contributed by atoms with Crippen molar-refractivity contribution in [2.75, 3.05) is 18.4 Å². The predicted octanol–water partition coefficient (Wildman–Crippen LogP) is 1.72. The third kappa shape index (κ3) is 2.92. The van der Waals surface area contributed by atoms with Crippen LogP contribution in [0.1, 0.15) is 26.7 Å². The van der Waals surface area contributed by atoms with E-state index in [9.17, 15) is 4.79 Å². The molecule has 1 aliphatic heterocycles. The number of piperidine rings is 1. The number of aromatic amines is 1. The Morgan fingerprint density at radius 1 is 1.61 bits per heavy atom. The molecule has 0 aromatic carbocycles. The second-order valence-corrected chi connectivity index (χ2v) is 6.17. The second kappa shape index (κ2) is 5.40. The van der Waals surface area contributed by atoms with Gasteiger partial charge in [0.1, 0.15) is 10.3 Å². The normalized spacial score (nSPS) is 22.7. The van der Waals surface area contributed by atoms with Crippen LogP contribution >= 0.6 is 15.9 Å². The van der Waals surface area contributed by atoms with E-state index in [1.165, 1.54) is 19.2 Å². The topological polar surface area (TPSA) is 69.8 Å². The van der Waals surface area contributed by atoms with Crippen molar-refractivity contribution in [2.45, 2.75) is 32.7 Å². The molecule has 1 aromatic heterocycles. The summed E-state index contributed by atoms with van der Waals surface area (Å²) in [7, 11) is 0. The lowest BCUT2D eigenvalue weighted by Crippen LogP contribution is -2.50. The molecular weight excluding hydrogens is 296 g/mol. The van der Waals surface area contributed by atoms with Gasteiger partial charge < -0.3 is 15.6 Å². The lowest BCUT2D eigenvalue weighted by Gasteiger charge is -2.39. The summed E-state index contributed by atoms with van der Waals surface area (Å²) in [6.45, 7) is 6.36. The number of rotatable bonds is 3. The Balaban J connectivity index is 2.03. The summed E-state index contributed by atoms with van der Waals surface area (Å²) in [5, 5.41) is 6.76. The number of halogens is 1. The molecule has 2 rings (SSSR count). The molecule has 1 saturated heterocycles. The van der Waals surface area contributed by atoms with Crippen molar-refractivity contribution in [3.63, 3.8) is 0 Å². The second-order valence-electron chi connectivity index (χ2n) is 5.37. The summed E-state index contributed by atoms with van der Waals surface area (Å²) in [5.74, 6) is 0.599. The molecule has 6 heteroatoms. The van der Waals surface area contributed by atoms with Gasteiger partial charge in [0.15, 0.2) is 0 Å². The van der Waals surface area contributed by atoms with Crippen LogP contribution in [-0.4, -0.2) is 29.1 Å². The smallest absolute Gasteiger partial charge is 0.267 e. The van der Waals surface area contributed by atoms with Crippen LogP contribution in [0.25, 0.3) is 0 Å². The zero-order valence-electron chi connectivity index (χ0n) is 10.7. The molecule has 0 spiro atoms. The van der Waals surface area contributed by atoms with Crippen LogP contribution in [0.5, 0.6) is 0 Å². The van der Waals surface area contributed by atoms with Crippen molar-refractivity contribution in [3.05, 3.63) is 21.2 Å². The van der Waals surface area contributed by atoms with E-state index >= 15 is 0 Å². The van der Waals surface area contributed by atoms with Crippen LogP contribution < -0.4 is 16.2 Å². The average Bonchev–Trinajstić information content (AvgIpc) is 2.32. The molecule has 3 N–H and O–H groups in total. The maximum absolute atomic E-state index is 11.4. The van der Waals surface area contributed by atoms with Crippen LogP contribution in [0.4, 0.5) is 5.82 Å². The van der Waals surface area contributed by atoms with Gasteiger partial charge in [0.25, 0.3) is 5.56 Å². The minimum Gasteiger partial charge on any atom is -0.367 e. The summed E-state index contributed by atoms with van der Waals surface area (Å²) >= 11 is 3.24. The van der Waals surface area contributed by atoms with E-state index in [1.807, 2.05) is 0 Å². The molecular formula is C12H19BrN4O. The Morgan fingerprint density at radius 3 is 3.11 bits per heavy atom. The molecule has 0 amide bonds. The minimum atomic E-state index is -0.164. The Hall–Kier alpha value is -0.880. The van der Waals surface area contributed by atoms with Crippen LogP contribution in [0, 0.1) is 5.41 Å². The number of nitrogens with one attached hydrogen (secondary N) is 3. The molecule has 0 saturated carbocycles. The highest BCUT2D eigenvalue weighted by atomic mass is 79.9. The summed E-state index contributed by atoms with van der Waals surface area (Å²) < 4.78 is 0.457. The highest BCUT2D eigenvalue weighted by Crippen LogP contribution is 2.30. The number of anilines is 1. The first-order valence-corrected chi connectivity index (χ1v) is 7.00. The third-order valence-corrected chi connectivity index (χ3v) is 4.34. The summed E-state index contributed by atoms with van der Waals surface area (Å²) in [4.78, 5) is 18.1. The Labute approximate surface area is 115 Å². The van der Waals surface area contributed by atoms with Crippen LogP contribution in [-0.2, 0) is 0 Å². The van der Waals surface area contributed by atoms with Gasteiger partial charge in [-0.15, -0.1) is 0 Å². The van der Waals surface area contributed by atoms with Crippen LogP contribution in [0.15, 0.2) is 15.6 Å². The number of nitrogens with zero attached hydrogens (tertiary/aromatic N) is 1. The maximum Gasteiger partial charge on any atom is 0.267 e. The molecule has 5 nitrogen and oxygen atoms in total. The van der Waals surface area contributed by atoms with E-state index in [0.29, 0.717) is 16.3 Å². The van der Waals surface area contributed by atoms with Crippen molar-refractivity contribution in [1.82, 2.24) is 15.3 Å². The predicted molar refractivity (Wildman–Crippen MR) is 75.9 cm³/mol. The van der Waals surface area contributed by atoms with Gasteiger partial charge in [-0.2, -0.15) is 0 Å². The van der Waals surface area contributed by atoms with Gasteiger partial charge in [-0.25, -0.2) is 4.98 Å². The largest absolute Gasteiger partial charge is 0.367 e. The fourth-order valence-corrected chi connectivity index (χ4v) is 2.68. The van der Waals surface area contributed by atoms with Crippen LogP contribution in [0.2, 0.25) is 0 Å². The molecule has 0 aliphatic carbocycles. The van der Waals surface area contributed by atoms with E-state index in [0.717, 1.165) is 13.1 Å². The molecule has 1 aromatic rings. The van der Waals surface area contributed by atoms with E-state index < -0.39 is 0 Å². The lowest BCUT2D eigenvalue weighted by atomic mass is 9.77. The van der Waals surface area contributed by atoms with Crippen LogP contribution in [0.3, 0.4) is 0 Å². The number of hydrogen-bond donors (Lipinski definition) is 3. The van der Waals surface area contributed by atoms with Crippen molar-refractivity contribution >= 4 is 21.7 Å². The highest BCUT2D eigenvalue weighted by molar-refractivity contribution is 9.10. The number of aromatic nitrogens is 2. The van der Waals surface area contributed by atoms with Gasteiger partial charge in [0.2, 0.25) is 0 Å². The molecule has 1 aliphatic rings. The Morgan fingerprint density at radius 2 is 2.39 bits per heavy atom. The quantitative estimate of drug-likeness (QED) is 0.794. The molecule has 0 radical (unpaired) electrons. The minimum absolute atomic E-state index is 0.164. The standard InChI is InChI=1S/C12H19BrN4O/c1-12(2)4-3-5-14-8(12)6-15-10-9(13)11(18)17-7-16-10/h7-8,14H,3-6H2,1-2H3,(H2,15,16,17,18). The van der Waals surface area contributed by atoms with Gasteiger partial charge in [0, 0.05) is 12.6 Å². The zero-order valence-corrected chi connectivity index (χ0v) is 12.3. The van der Waals surface area contributed by atoms with E-state index in [-0.39, 0.29) is 11.0 Å². The monoisotopic (exact) mass is 314 g/mol. The number of H-pyrrole nitrogens is 1. The Kier molecular flexibility index (Phi) is 4.07. The van der Waals surface area contributed by atoms with Crippen molar-refractivity contribution in [1.29, 1.82) is 0 Å². The first-order chi connectivity index (χ1) is 8.50. The van der Waals surface area contributed by atoms with Crippen molar-refractivity contribution < 1.29 is 0 Å². The van der Waals surface area contributed by atoms with Gasteiger partial charge in [-0.1, -0.05) is 13.8 Å². The summed E-state index contributed by atoms with van der Waals surface area (Å²) in [5.41, 5.74) is 0.0993. The van der Waals surface area contributed by atoms with E-state index in [4.69, 9.17) is 0 Å². The lowest BCUT2D eigenvalue weighted by molar-refractivity contribution is 0.188. The van der Waals surface area contributed by atoms with E-state index in [2.05, 4.69) is 50.4 Å². The zero-order chi connectivity index (χ0) is 13.2. The SMILES string of the molecule is CC1(C)CCCNC1CNc1nc[nH]c(=O)c1Br. The first kappa shape index (κ1) is 13.5. The summed E-state index contributed by atoms with van der Waals surface area (Å²) in [6, 6.07) is 0.388. The van der Waals surface area contributed by atoms with Gasteiger partial charge in [-0.05, 0) is 40.7 Å². The molecule has 0 bridgehead atoms. The molecule has 100 valence electrons. The van der Waals surface area contributed by atoms with Gasteiger partial charge in [0.05, 0.1) is 6.33 Å². The van der Waals surface area contributed by atoms with Gasteiger partial charge >= 0.3 is 0 Å². The summed E-state index contributed by atoms with van der Waals surface area (Å²) in [6.07, 6.45) is 3.85. The average molecular weight is 315 g/mol. The maximum atomic E-state index is 11.4. The van der Waals surface area contributed by atoms with Gasteiger partial charge in [-0.3, -0.25) is 4.79 Å². The highest BCUT2D eigenvalue weighted by Gasteiger charge is 2.31. The van der Waals surface area contributed by atoms with E-state index in [1.54, 1.807) is 0 Å². The van der Waals surface area contributed by atoms with Crippen molar-refractivity contribution in [3.8, 4) is 0 Å². The molecule has 1 unspecified atom stereocenters.